The zero-order chi connectivity index (χ0) is 23.4. The molecular formula is C26H36NaO6PS. The van der Waals surface area contributed by atoms with Gasteiger partial charge in [0.05, 0.1) is 24.7 Å². The van der Waals surface area contributed by atoms with E-state index >= 15 is 0 Å². The maximum absolute atomic E-state index is 12.0. The minimum absolute atomic E-state index is 0. The molecule has 0 unspecified atom stereocenters. The molecule has 0 radical (unpaired) electrons. The van der Waals surface area contributed by atoms with Gasteiger partial charge in [-0.1, -0.05) is 70.7 Å². The van der Waals surface area contributed by atoms with Crippen LogP contribution in [0.2, 0.25) is 0 Å². The number of hydrogen-bond donors (Lipinski definition) is 0. The second-order valence-electron chi connectivity index (χ2n) is 9.14. The summed E-state index contributed by atoms with van der Waals surface area (Å²) >= 11 is 0. The third-order valence-corrected chi connectivity index (χ3v) is 11.6. The number of rotatable bonds is 7. The van der Waals surface area contributed by atoms with Crippen molar-refractivity contribution in [2.24, 2.45) is 0 Å². The molecule has 2 N–H and O–H groups in total. The summed E-state index contributed by atoms with van der Waals surface area (Å²) < 4.78 is 47.4. The molecule has 0 amide bonds. The monoisotopic (exact) mass is 530 g/mol. The van der Waals surface area contributed by atoms with Crippen LogP contribution in [0.15, 0.2) is 41.3 Å². The summed E-state index contributed by atoms with van der Waals surface area (Å²) in [6.45, 7) is 0. The number of ether oxygens (including phenoxy) is 2. The average molecular weight is 531 g/mol. The van der Waals surface area contributed by atoms with E-state index in [1.807, 2.05) is 12.1 Å². The molecule has 0 saturated heterocycles. The van der Waals surface area contributed by atoms with Crippen LogP contribution in [0.3, 0.4) is 0 Å². The molecule has 6 nitrogen and oxygen atoms in total. The third-order valence-electron chi connectivity index (χ3n) is 7.16. The van der Waals surface area contributed by atoms with Gasteiger partial charge in [0.25, 0.3) is 0 Å². The zero-order valence-corrected chi connectivity index (χ0v) is 24.8. The van der Waals surface area contributed by atoms with Gasteiger partial charge in [-0.05, 0) is 60.0 Å². The number of hydrogen-bond acceptors (Lipinski definition) is 5. The van der Waals surface area contributed by atoms with E-state index < -0.39 is 18.0 Å². The predicted molar refractivity (Wildman–Crippen MR) is 137 cm³/mol. The van der Waals surface area contributed by atoms with Crippen LogP contribution < -0.4 is 44.3 Å². The quantitative estimate of drug-likeness (QED) is 0.310. The SMILES string of the molecule is COc1ccc(S(=O)(=O)[O-])c(OC)c1-c1ccccc1P(C1CCCCC1)C1CCCCC1.O.[Na+]. The molecule has 2 fully saturated rings. The molecule has 188 valence electrons. The zero-order valence-electron chi connectivity index (χ0n) is 21.1. The number of methoxy groups -OCH3 is 2. The first-order chi connectivity index (χ1) is 16.0. The van der Waals surface area contributed by atoms with Gasteiger partial charge in [0.15, 0.2) is 0 Å². The van der Waals surface area contributed by atoms with E-state index in [0.29, 0.717) is 22.6 Å². The first kappa shape index (κ1) is 30.6. The Bertz CT molecular complexity index is 1050. The molecule has 0 aliphatic heterocycles. The Kier molecular flexibility index (Phi) is 12.0. The van der Waals surface area contributed by atoms with Crippen molar-refractivity contribution < 1.29 is 57.5 Å². The maximum atomic E-state index is 12.0. The molecule has 2 aliphatic carbocycles. The minimum atomic E-state index is -4.70. The standard InChI is InChI=1S/C26H35O5PS.Na.H2O/c1-30-22-17-18-24(33(27,28)29)26(31-2)25(22)21-15-9-10-16-23(21)32(19-11-5-3-6-12-19)20-13-7-4-8-14-20;;/h9-10,15-20H,3-8,11-14H2,1-2H3,(H,27,28,29);;1H2/q;+1;/p-1. The summed E-state index contributed by atoms with van der Waals surface area (Å²) in [5.41, 5.74) is 2.88. The second kappa shape index (κ2) is 13.8. The molecule has 0 bridgehead atoms. The predicted octanol–water partition coefficient (Wildman–Crippen LogP) is 2.23. The molecule has 0 spiro atoms. The summed E-state index contributed by atoms with van der Waals surface area (Å²) in [5, 5.41) is 1.29. The van der Waals surface area contributed by atoms with E-state index in [1.54, 1.807) is 13.2 Å². The van der Waals surface area contributed by atoms with E-state index in [2.05, 4.69) is 12.1 Å². The molecule has 2 saturated carbocycles. The van der Waals surface area contributed by atoms with Gasteiger partial charge in [-0.3, -0.25) is 0 Å². The molecule has 35 heavy (non-hydrogen) atoms. The van der Waals surface area contributed by atoms with Crippen molar-refractivity contribution in [1.29, 1.82) is 0 Å². The summed E-state index contributed by atoms with van der Waals surface area (Å²) in [6, 6.07) is 11.2. The molecule has 4 rings (SSSR count). The van der Waals surface area contributed by atoms with Gasteiger partial charge >= 0.3 is 29.6 Å². The van der Waals surface area contributed by atoms with Crippen LogP contribution in [0, 0.1) is 0 Å². The second-order valence-corrected chi connectivity index (χ2v) is 13.2. The van der Waals surface area contributed by atoms with Crippen molar-refractivity contribution in [2.75, 3.05) is 14.2 Å². The van der Waals surface area contributed by atoms with Gasteiger partial charge < -0.3 is 19.5 Å². The van der Waals surface area contributed by atoms with Crippen molar-refractivity contribution in [1.82, 2.24) is 0 Å². The Morgan fingerprint density at radius 2 is 1.37 bits per heavy atom. The van der Waals surface area contributed by atoms with E-state index in [9.17, 15) is 13.0 Å². The first-order valence-electron chi connectivity index (χ1n) is 12.0. The van der Waals surface area contributed by atoms with Gasteiger partial charge in [-0.15, -0.1) is 0 Å². The number of benzene rings is 2. The fourth-order valence-corrected chi connectivity index (χ4v) is 10.3. The van der Waals surface area contributed by atoms with Crippen molar-refractivity contribution in [3.63, 3.8) is 0 Å². The Morgan fingerprint density at radius 1 is 0.829 bits per heavy atom. The van der Waals surface area contributed by atoms with Crippen molar-refractivity contribution in [3.8, 4) is 22.6 Å². The normalized spacial score (nSPS) is 17.4. The largest absolute Gasteiger partial charge is 1.00 e. The van der Waals surface area contributed by atoms with Gasteiger partial charge in [-0.2, -0.15) is 0 Å². The summed E-state index contributed by atoms with van der Waals surface area (Å²) in [7, 11) is -2.16. The fraction of sp³-hybridized carbons (Fsp3) is 0.538. The van der Waals surface area contributed by atoms with Crippen molar-refractivity contribution >= 4 is 23.3 Å². The van der Waals surface area contributed by atoms with Crippen LogP contribution >= 0.6 is 7.92 Å². The topological polar surface area (TPSA) is 107 Å². The molecular weight excluding hydrogens is 494 g/mol. The third kappa shape index (κ3) is 6.81. The molecule has 0 atom stereocenters. The molecule has 2 aromatic carbocycles. The summed E-state index contributed by atoms with van der Waals surface area (Å²) in [6.07, 6.45) is 12.8. The molecule has 0 heterocycles. The Hall–Kier alpha value is -0.660. The van der Waals surface area contributed by atoms with Gasteiger partial charge in [0, 0.05) is 0 Å². The Morgan fingerprint density at radius 3 is 1.86 bits per heavy atom. The van der Waals surface area contributed by atoms with Crippen molar-refractivity contribution in [3.05, 3.63) is 36.4 Å². The Labute approximate surface area is 233 Å². The van der Waals surface area contributed by atoms with Gasteiger partial charge in [0.1, 0.15) is 21.6 Å². The summed E-state index contributed by atoms with van der Waals surface area (Å²) in [4.78, 5) is -0.338. The Balaban J connectivity index is 0.00000216. The summed E-state index contributed by atoms with van der Waals surface area (Å²) in [5.74, 6) is 0.605. The molecule has 2 aliphatic rings. The van der Waals surface area contributed by atoms with E-state index in [4.69, 9.17) is 9.47 Å². The van der Waals surface area contributed by atoms with Gasteiger partial charge in [0.2, 0.25) is 0 Å². The van der Waals surface area contributed by atoms with Crippen molar-refractivity contribution in [2.45, 2.75) is 80.4 Å². The van der Waals surface area contributed by atoms with E-state index in [-0.39, 0.29) is 45.7 Å². The molecule has 0 aromatic heterocycles. The molecule has 2 aromatic rings. The molecule has 9 heteroatoms. The van der Waals surface area contributed by atoms with Crippen LogP contribution in [-0.4, -0.2) is 44.0 Å². The maximum Gasteiger partial charge on any atom is 1.00 e. The van der Waals surface area contributed by atoms with Crippen LogP contribution in [0.25, 0.3) is 11.1 Å². The van der Waals surface area contributed by atoms with Crippen LogP contribution in [0.4, 0.5) is 0 Å². The van der Waals surface area contributed by atoms with Crippen LogP contribution in [0.1, 0.15) is 64.2 Å². The van der Waals surface area contributed by atoms with Crippen LogP contribution in [-0.2, 0) is 10.1 Å². The van der Waals surface area contributed by atoms with Gasteiger partial charge in [-0.25, -0.2) is 8.42 Å². The van der Waals surface area contributed by atoms with E-state index in [1.165, 1.54) is 82.7 Å². The minimum Gasteiger partial charge on any atom is -0.744 e. The fourth-order valence-electron chi connectivity index (χ4n) is 5.69. The smallest absolute Gasteiger partial charge is 0.744 e. The van der Waals surface area contributed by atoms with E-state index in [0.717, 1.165) is 5.56 Å². The average Bonchev–Trinajstić information content (AvgIpc) is 2.84. The first-order valence-corrected chi connectivity index (χ1v) is 14.9. The van der Waals surface area contributed by atoms with Crippen LogP contribution in [0.5, 0.6) is 11.5 Å².